The standard InChI is InChI=1S/C19H20ClNO5/c1-12-8-16(9-13(2)19(12)20)25-10-17(22)21(3)14-4-6-15(7-5-14)26-11-18(23)24/h4-9H,10-11H2,1-3H3,(H,23,24). The third-order valence-electron chi connectivity index (χ3n) is 3.73. The van der Waals surface area contributed by atoms with Gasteiger partial charge in [-0.15, -0.1) is 0 Å². The van der Waals surface area contributed by atoms with Crippen LogP contribution < -0.4 is 14.4 Å². The van der Waals surface area contributed by atoms with E-state index in [1.54, 1.807) is 43.4 Å². The van der Waals surface area contributed by atoms with Crippen LogP contribution in [0.3, 0.4) is 0 Å². The van der Waals surface area contributed by atoms with Crippen molar-refractivity contribution in [2.24, 2.45) is 0 Å². The third kappa shape index (κ3) is 5.13. The molecule has 2 rings (SSSR count). The second-order valence-electron chi connectivity index (χ2n) is 5.79. The Balaban J connectivity index is 1.95. The maximum Gasteiger partial charge on any atom is 0.341 e. The Kier molecular flexibility index (Phi) is 6.46. The van der Waals surface area contributed by atoms with Gasteiger partial charge in [0.25, 0.3) is 5.91 Å². The van der Waals surface area contributed by atoms with E-state index in [9.17, 15) is 9.59 Å². The molecule has 2 aromatic carbocycles. The molecule has 0 spiro atoms. The molecule has 1 amide bonds. The number of rotatable bonds is 7. The van der Waals surface area contributed by atoms with E-state index in [-0.39, 0.29) is 12.5 Å². The van der Waals surface area contributed by atoms with Crippen molar-refractivity contribution in [2.45, 2.75) is 13.8 Å². The highest BCUT2D eigenvalue weighted by Gasteiger charge is 2.13. The average Bonchev–Trinajstić information content (AvgIpc) is 2.62. The summed E-state index contributed by atoms with van der Waals surface area (Å²) in [5, 5.41) is 9.28. The van der Waals surface area contributed by atoms with Gasteiger partial charge in [-0.3, -0.25) is 4.79 Å². The first-order valence-electron chi connectivity index (χ1n) is 7.88. The van der Waals surface area contributed by atoms with E-state index in [1.165, 1.54) is 4.90 Å². The molecule has 2 aromatic rings. The SMILES string of the molecule is Cc1cc(OCC(=O)N(C)c2ccc(OCC(=O)O)cc2)cc(C)c1Cl. The van der Waals surface area contributed by atoms with Gasteiger partial charge in [0.2, 0.25) is 0 Å². The fourth-order valence-corrected chi connectivity index (χ4v) is 2.40. The van der Waals surface area contributed by atoms with Gasteiger partial charge in [-0.05, 0) is 61.4 Å². The highest BCUT2D eigenvalue weighted by molar-refractivity contribution is 6.32. The molecule has 7 heteroatoms. The number of carbonyl (C=O) groups is 2. The van der Waals surface area contributed by atoms with Crippen LogP contribution in [0.15, 0.2) is 36.4 Å². The van der Waals surface area contributed by atoms with Gasteiger partial charge in [0.15, 0.2) is 13.2 Å². The van der Waals surface area contributed by atoms with Crippen molar-refractivity contribution >= 4 is 29.2 Å². The van der Waals surface area contributed by atoms with E-state index in [2.05, 4.69) is 0 Å². The van der Waals surface area contributed by atoms with E-state index < -0.39 is 12.6 Å². The number of ether oxygens (including phenoxy) is 2. The average molecular weight is 378 g/mol. The number of likely N-dealkylation sites (N-methyl/N-ethyl adjacent to an activating group) is 1. The van der Waals surface area contributed by atoms with E-state index >= 15 is 0 Å². The van der Waals surface area contributed by atoms with E-state index in [0.29, 0.717) is 22.2 Å². The Morgan fingerprint density at radius 1 is 1.00 bits per heavy atom. The van der Waals surface area contributed by atoms with Crippen LogP contribution in [-0.2, 0) is 9.59 Å². The van der Waals surface area contributed by atoms with Gasteiger partial charge in [0, 0.05) is 17.8 Å². The maximum absolute atomic E-state index is 12.3. The molecule has 0 aromatic heterocycles. The van der Waals surface area contributed by atoms with Crippen LogP contribution >= 0.6 is 11.6 Å². The molecule has 0 radical (unpaired) electrons. The summed E-state index contributed by atoms with van der Waals surface area (Å²) in [6.07, 6.45) is 0. The summed E-state index contributed by atoms with van der Waals surface area (Å²) in [6.45, 7) is 3.23. The molecule has 0 fully saturated rings. The fraction of sp³-hybridized carbons (Fsp3) is 0.263. The molecule has 0 heterocycles. The number of aryl methyl sites for hydroxylation is 2. The van der Waals surface area contributed by atoms with Gasteiger partial charge in [0.1, 0.15) is 11.5 Å². The molecule has 0 aliphatic carbocycles. The minimum absolute atomic E-state index is 0.117. The summed E-state index contributed by atoms with van der Waals surface area (Å²) >= 11 is 6.12. The number of amides is 1. The summed E-state index contributed by atoms with van der Waals surface area (Å²) in [4.78, 5) is 24.3. The van der Waals surface area contributed by atoms with Crippen LogP contribution in [0, 0.1) is 13.8 Å². The summed E-state index contributed by atoms with van der Waals surface area (Å²) < 4.78 is 10.6. The summed E-state index contributed by atoms with van der Waals surface area (Å²) in [5.41, 5.74) is 2.42. The lowest BCUT2D eigenvalue weighted by molar-refractivity contribution is -0.139. The molecule has 0 aliphatic heterocycles. The number of anilines is 1. The summed E-state index contributed by atoms with van der Waals surface area (Å²) in [5.74, 6) is -0.274. The highest BCUT2D eigenvalue weighted by atomic mass is 35.5. The van der Waals surface area contributed by atoms with Gasteiger partial charge in [0.05, 0.1) is 0 Å². The Morgan fingerprint density at radius 2 is 1.54 bits per heavy atom. The minimum atomic E-state index is -1.05. The van der Waals surface area contributed by atoms with Crippen molar-refractivity contribution < 1.29 is 24.2 Å². The van der Waals surface area contributed by atoms with Crippen LogP contribution in [0.4, 0.5) is 5.69 Å². The number of nitrogens with zero attached hydrogens (tertiary/aromatic N) is 1. The van der Waals surface area contributed by atoms with E-state index in [1.807, 2.05) is 13.8 Å². The number of carbonyl (C=O) groups excluding carboxylic acids is 1. The van der Waals surface area contributed by atoms with Crippen molar-refractivity contribution in [1.29, 1.82) is 0 Å². The molecule has 6 nitrogen and oxygen atoms in total. The van der Waals surface area contributed by atoms with Crippen LogP contribution in [0.1, 0.15) is 11.1 Å². The number of hydrogen-bond donors (Lipinski definition) is 1. The zero-order valence-electron chi connectivity index (χ0n) is 14.8. The molecule has 0 unspecified atom stereocenters. The van der Waals surface area contributed by atoms with Crippen LogP contribution in [0.25, 0.3) is 0 Å². The number of benzene rings is 2. The number of halogens is 1. The minimum Gasteiger partial charge on any atom is -0.484 e. The Bertz CT molecular complexity index is 781. The topological polar surface area (TPSA) is 76.1 Å². The van der Waals surface area contributed by atoms with Crippen molar-refractivity contribution in [3.63, 3.8) is 0 Å². The van der Waals surface area contributed by atoms with Gasteiger partial charge >= 0.3 is 5.97 Å². The predicted molar refractivity (Wildman–Crippen MR) is 99.4 cm³/mol. The van der Waals surface area contributed by atoms with E-state index in [0.717, 1.165) is 11.1 Å². The molecule has 0 saturated heterocycles. The molecule has 138 valence electrons. The van der Waals surface area contributed by atoms with Gasteiger partial charge in [-0.25, -0.2) is 4.79 Å². The molecular weight excluding hydrogens is 358 g/mol. The second kappa shape index (κ2) is 8.58. The number of hydrogen-bond acceptors (Lipinski definition) is 4. The quantitative estimate of drug-likeness (QED) is 0.799. The molecule has 0 saturated carbocycles. The van der Waals surface area contributed by atoms with Crippen molar-refractivity contribution in [3.8, 4) is 11.5 Å². The first kappa shape index (κ1) is 19.6. The lowest BCUT2D eigenvalue weighted by Gasteiger charge is -2.18. The van der Waals surface area contributed by atoms with Crippen molar-refractivity contribution in [3.05, 3.63) is 52.5 Å². The first-order chi connectivity index (χ1) is 12.3. The number of aliphatic carboxylic acids is 1. The Hall–Kier alpha value is -2.73. The summed E-state index contributed by atoms with van der Waals surface area (Å²) in [7, 11) is 1.64. The third-order valence-corrected chi connectivity index (χ3v) is 4.33. The zero-order valence-corrected chi connectivity index (χ0v) is 15.5. The monoisotopic (exact) mass is 377 g/mol. The van der Waals surface area contributed by atoms with Crippen LogP contribution in [0.2, 0.25) is 5.02 Å². The van der Waals surface area contributed by atoms with Crippen LogP contribution in [0.5, 0.6) is 11.5 Å². The largest absolute Gasteiger partial charge is 0.484 e. The van der Waals surface area contributed by atoms with Gasteiger partial charge in [-0.1, -0.05) is 11.6 Å². The molecular formula is C19H20ClNO5. The maximum atomic E-state index is 12.3. The lowest BCUT2D eigenvalue weighted by atomic mass is 10.1. The smallest absolute Gasteiger partial charge is 0.341 e. The van der Waals surface area contributed by atoms with E-state index in [4.69, 9.17) is 26.2 Å². The Labute approximate surface area is 156 Å². The predicted octanol–water partition coefficient (Wildman–Crippen LogP) is 3.46. The molecule has 0 atom stereocenters. The molecule has 1 N–H and O–H groups in total. The van der Waals surface area contributed by atoms with Crippen molar-refractivity contribution in [1.82, 2.24) is 0 Å². The number of carboxylic acids is 1. The first-order valence-corrected chi connectivity index (χ1v) is 8.26. The fourth-order valence-electron chi connectivity index (χ4n) is 2.29. The van der Waals surface area contributed by atoms with Gasteiger partial charge in [-0.2, -0.15) is 0 Å². The zero-order chi connectivity index (χ0) is 19.3. The van der Waals surface area contributed by atoms with Crippen molar-refractivity contribution in [2.75, 3.05) is 25.2 Å². The van der Waals surface area contributed by atoms with Crippen LogP contribution in [-0.4, -0.2) is 37.2 Å². The lowest BCUT2D eigenvalue weighted by Crippen LogP contribution is -2.31. The second-order valence-corrected chi connectivity index (χ2v) is 6.17. The molecule has 0 aliphatic rings. The molecule has 0 bridgehead atoms. The highest BCUT2D eigenvalue weighted by Crippen LogP contribution is 2.26. The Morgan fingerprint density at radius 3 is 2.08 bits per heavy atom. The normalized spacial score (nSPS) is 10.3. The summed E-state index contributed by atoms with van der Waals surface area (Å²) in [6, 6.07) is 10.1. The molecule has 26 heavy (non-hydrogen) atoms. The van der Waals surface area contributed by atoms with Gasteiger partial charge < -0.3 is 19.5 Å². The number of carboxylic acid groups (broad SMARTS) is 1.